The van der Waals surface area contributed by atoms with E-state index in [-0.39, 0.29) is 23.0 Å². The minimum atomic E-state index is -0.316. The van der Waals surface area contributed by atoms with E-state index >= 15 is 0 Å². The molecule has 1 amide bonds. The number of aromatic amines is 1. The Morgan fingerprint density at radius 2 is 1.92 bits per heavy atom. The van der Waals surface area contributed by atoms with Gasteiger partial charge in [0.25, 0.3) is 0 Å². The van der Waals surface area contributed by atoms with Gasteiger partial charge in [0, 0.05) is 54.3 Å². The van der Waals surface area contributed by atoms with E-state index in [1.54, 1.807) is 14.2 Å². The lowest BCUT2D eigenvalue weighted by atomic mass is 9.76. The number of carbonyl (C=O) groups excluding carboxylic acids is 1. The summed E-state index contributed by atoms with van der Waals surface area (Å²) in [4.78, 5) is 17.2. The molecule has 8 nitrogen and oxygen atoms in total. The fraction of sp³-hybridized carbons (Fsp3) is 0.429. The van der Waals surface area contributed by atoms with Crippen molar-refractivity contribution in [3.8, 4) is 40.5 Å². The molecule has 9 heteroatoms. The van der Waals surface area contributed by atoms with Crippen molar-refractivity contribution in [2.24, 2.45) is 0 Å². The number of nitrogens with zero attached hydrogens (tertiary/aromatic N) is 5. The third-order valence-corrected chi connectivity index (χ3v) is 7.28. The highest BCUT2D eigenvalue weighted by Crippen LogP contribution is 2.41. The first-order chi connectivity index (χ1) is 17.6. The first-order valence-electron chi connectivity index (χ1n) is 12.6. The summed E-state index contributed by atoms with van der Waals surface area (Å²) in [6, 6.07) is 10.2. The Hall–Kier alpha value is -3.80. The molecule has 1 saturated heterocycles. The lowest BCUT2D eigenvalue weighted by Crippen LogP contribution is -2.65. The van der Waals surface area contributed by atoms with Crippen molar-refractivity contribution in [3.05, 3.63) is 42.7 Å². The van der Waals surface area contributed by atoms with E-state index in [1.165, 1.54) is 0 Å². The highest BCUT2D eigenvalue weighted by molar-refractivity contribution is 6.01. The van der Waals surface area contributed by atoms with Gasteiger partial charge in [0.15, 0.2) is 5.82 Å². The summed E-state index contributed by atoms with van der Waals surface area (Å²) in [5, 5.41) is 16.0. The molecular weight excluding hydrogens is 463 g/mol. The first-order valence-corrected chi connectivity index (χ1v) is 12.6. The summed E-state index contributed by atoms with van der Waals surface area (Å²) >= 11 is 0. The normalized spacial score (nSPS) is 16.7. The highest BCUT2D eigenvalue weighted by atomic mass is 16.4. The quantitative estimate of drug-likeness (QED) is 0.393. The van der Waals surface area contributed by atoms with Crippen molar-refractivity contribution in [3.63, 3.8) is 0 Å². The number of amides is 1. The van der Waals surface area contributed by atoms with Crippen molar-refractivity contribution in [1.82, 2.24) is 25.3 Å². The number of hydrogen-bond acceptors (Lipinski definition) is 6. The number of rotatable bonds is 7. The van der Waals surface area contributed by atoms with Gasteiger partial charge in [-0.2, -0.15) is 5.10 Å². The van der Waals surface area contributed by atoms with E-state index in [1.807, 2.05) is 41.4 Å². The molecule has 1 N–H and O–H groups in total. The minimum absolute atomic E-state index is 0.117. The largest absolute Gasteiger partial charge is 0.567 e. The zero-order valence-corrected chi connectivity index (χ0v) is 22.6. The Bertz CT molecular complexity index is 1260. The Kier molecular flexibility index (Phi) is 7.31. The predicted molar refractivity (Wildman–Crippen MR) is 149 cm³/mol. The fourth-order valence-electron chi connectivity index (χ4n) is 5.80. The van der Waals surface area contributed by atoms with Crippen LogP contribution < -0.4 is 9.55 Å². The molecule has 1 fully saturated rings. The average molecular weight is 498 g/mol. The van der Waals surface area contributed by atoms with Gasteiger partial charge in [-0.25, -0.2) is 0 Å². The molecule has 1 aromatic carbocycles. The van der Waals surface area contributed by atoms with Gasteiger partial charge in [-0.15, -0.1) is 22.5 Å². The van der Waals surface area contributed by atoms with Crippen LogP contribution in [-0.4, -0.2) is 63.4 Å². The maximum absolute atomic E-state index is 13.0. The van der Waals surface area contributed by atoms with Crippen LogP contribution in [0.25, 0.3) is 22.4 Å². The lowest BCUT2D eigenvalue weighted by Gasteiger charge is -2.56. The highest BCUT2D eigenvalue weighted by Gasteiger charge is 2.48. The number of anilines is 1. The monoisotopic (exact) mass is 498 g/mol. The van der Waals surface area contributed by atoms with Crippen molar-refractivity contribution < 1.29 is 9.45 Å². The van der Waals surface area contributed by atoms with Crippen molar-refractivity contribution in [2.45, 2.75) is 70.5 Å². The van der Waals surface area contributed by atoms with Crippen LogP contribution in [0, 0.1) is 12.3 Å². The number of carbonyl (C=O) groups is 1. The van der Waals surface area contributed by atoms with Crippen LogP contribution in [0.3, 0.4) is 0 Å². The summed E-state index contributed by atoms with van der Waals surface area (Å²) in [6.07, 6.45) is 11.5. The number of aromatic nitrogens is 4. The zero-order valence-electron chi connectivity index (χ0n) is 22.6. The van der Waals surface area contributed by atoms with Gasteiger partial charge in [-0.05, 0) is 70.4 Å². The minimum Gasteiger partial charge on any atom is -0.567 e. The number of benzene rings is 1. The van der Waals surface area contributed by atoms with Crippen LogP contribution >= 0.6 is 0 Å². The van der Waals surface area contributed by atoms with Gasteiger partial charge in [0.2, 0.25) is 5.91 Å². The predicted octanol–water partition coefficient (Wildman–Crippen LogP) is 3.86. The average Bonchev–Trinajstić information content (AvgIpc) is 3.40. The standard InChI is InChI=1S/C28H35BN6O2/c1-7-8-9-26(36)35-27(2,3)15-21(16-28(35,4)5)34(6)25-13-12-23(32-33-25)22-11-10-19(14-24(22)37-29)20-17-30-31-18-20/h1,10-14,17-18,21H,8-9,15-16,29H2,2-6H3,(H,30,31). The lowest BCUT2D eigenvalue weighted by molar-refractivity contribution is -0.149. The molecule has 0 bridgehead atoms. The van der Waals surface area contributed by atoms with Crippen LogP contribution in [-0.2, 0) is 4.79 Å². The Labute approximate surface area is 220 Å². The molecule has 3 aromatic rings. The second-order valence-corrected chi connectivity index (χ2v) is 10.9. The Morgan fingerprint density at radius 1 is 1.19 bits per heavy atom. The summed E-state index contributed by atoms with van der Waals surface area (Å²) in [5.41, 5.74) is 2.98. The molecule has 4 rings (SSSR count). The molecular formula is C28H35BN6O2. The van der Waals surface area contributed by atoms with Crippen LogP contribution in [0.15, 0.2) is 42.7 Å². The summed E-state index contributed by atoms with van der Waals surface area (Å²) in [6.45, 7) is 8.54. The summed E-state index contributed by atoms with van der Waals surface area (Å²) in [5.74, 6) is 4.22. The second kappa shape index (κ2) is 10.3. The van der Waals surface area contributed by atoms with Gasteiger partial charge in [-0.1, -0.05) is 6.07 Å². The second-order valence-electron chi connectivity index (χ2n) is 10.9. The molecule has 0 atom stereocenters. The maximum atomic E-state index is 13.0. The number of hydrogen-bond donors (Lipinski definition) is 1. The van der Waals surface area contributed by atoms with E-state index in [2.05, 4.69) is 66.0 Å². The van der Waals surface area contributed by atoms with E-state index in [4.69, 9.17) is 11.1 Å². The van der Waals surface area contributed by atoms with Gasteiger partial charge >= 0.3 is 8.05 Å². The van der Waals surface area contributed by atoms with Crippen LogP contribution in [0.5, 0.6) is 5.75 Å². The Balaban J connectivity index is 1.53. The first kappa shape index (κ1) is 26.3. The SMILES string of the molecule is BOc1cc(-c2cn[nH]c2)ccc1-c1ccc(N(C)C2CC(C)(C)N(C(=O)CCC#C)C(C)(C)C2)nn1. The van der Waals surface area contributed by atoms with Crippen LogP contribution in [0.4, 0.5) is 5.82 Å². The van der Waals surface area contributed by atoms with Gasteiger partial charge < -0.3 is 14.5 Å². The Morgan fingerprint density at radius 3 is 2.49 bits per heavy atom. The summed E-state index contributed by atoms with van der Waals surface area (Å²) < 4.78 is 5.66. The molecule has 2 aromatic heterocycles. The number of piperidine rings is 1. The third-order valence-electron chi connectivity index (χ3n) is 7.28. The number of likely N-dealkylation sites (tertiary alicyclic amines) is 1. The molecule has 3 heterocycles. The number of terminal acetylenes is 1. The van der Waals surface area contributed by atoms with Crippen molar-refractivity contribution >= 4 is 19.8 Å². The van der Waals surface area contributed by atoms with E-state index < -0.39 is 0 Å². The van der Waals surface area contributed by atoms with Gasteiger partial charge in [0.1, 0.15) is 5.75 Å². The number of H-pyrrole nitrogens is 1. The zero-order chi connectivity index (χ0) is 26.8. The van der Waals surface area contributed by atoms with E-state index in [0.29, 0.717) is 12.8 Å². The molecule has 0 unspecified atom stereocenters. The molecule has 1 aliphatic rings. The molecule has 0 aliphatic carbocycles. The fourth-order valence-corrected chi connectivity index (χ4v) is 5.80. The molecule has 192 valence electrons. The molecule has 0 saturated carbocycles. The number of nitrogens with one attached hydrogen (secondary N) is 1. The molecule has 0 spiro atoms. The molecule has 0 radical (unpaired) electrons. The van der Waals surface area contributed by atoms with E-state index in [9.17, 15) is 4.79 Å². The summed E-state index contributed by atoms with van der Waals surface area (Å²) in [7, 11) is 3.71. The van der Waals surface area contributed by atoms with Gasteiger partial charge in [0.05, 0.1) is 11.9 Å². The molecule has 37 heavy (non-hydrogen) atoms. The van der Waals surface area contributed by atoms with E-state index in [0.717, 1.165) is 46.8 Å². The molecule has 1 aliphatic heterocycles. The smallest absolute Gasteiger partial charge is 0.322 e. The third kappa shape index (κ3) is 5.34. The van der Waals surface area contributed by atoms with Crippen LogP contribution in [0.1, 0.15) is 53.4 Å². The topological polar surface area (TPSA) is 87.2 Å². The van der Waals surface area contributed by atoms with Gasteiger partial charge in [-0.3, -0.25) is 9.89 Å². The van der Waals surface area contributed by atoms with Crippen molar-refractivity contribution in [1.29, 1.82) is 0 Å². The van der Waals surface area contributed by atoms with Crippen molar-refractivity contribution in [2.75, 3.05) is 11.9 Å². The van der Waals surface area contributed by atoms with Crippen LogP contribution in [0.2, 0.25) is 0 Å². The maximum Gasteiger partial charge on any atom is 0.322 e.